The van der Waals surface area contributed by atoms with Crippen molar-refractivity contribution in [1.29, 1.82) is 0 Å². The third-order valence-corrected chi connectivity index (χ3v) is 7.79. The number of carbonyl (C=O) groups excluding carboxylic acids is 2. The first-order chi connectivity index (χ1) is 19.8. The third-order valence-electron chi connectivity index (χ3n) is 5.74. The lowest BCUT2D eigenvalue weighted by Crippen LogP contribution is -2.41. The maximum atomic E-state index is 14.3. The SMILES string of the molecule is CCOC(=O)COc1c(Br)cc(Cl)cc1/C=c1\sc2n(c1=O)[C@@H](c1ccc(Cl)cc1)C(C(=O)OCC)=C(C(F)(F)F)N=2. The molecule has 0 bridgehead atoms. The Hall–Kier alpha value is -3.13. The van der Waals surface area contributed by atoms with Crippen molar-refractivity contribution in [3.63, 3.8) is 0 Å². The van der Waals surface area contributed by atoms with Crippen LogP contribution in [0.4, 0.5) is 13.2 Å². The zero-order valence-electron chi connectivity index (χ0n) is 21.8. The summed E-state index contributed by atoms with van der Waals surface area (Å²) in [4.78, 5) is 42.1. The maximum Gasteiger partial charge on any atom is 0.434 e. The van der Waals surface area contributed by atoms with Gasteiger partial charge >= 0.3 is 18.1 Å². The van der Waals surface area contributed by atoms with Crippen LogP contribution in [0.1, 0.15) is 31.0 Å². The van der Waals surface area contributed by atoms with Gasteiger partial charge in [0.25, 0.3) is 5.56 Å². The Kier molecular flexibility index (Phi) is 9.86. The van der Waals surface area contributed by atoms with Crippen LogP contribution in [0.25, 0.3) is 6.08 Å². The largest absolute Gasteiger partial charge is 0.480 e. The lowest BCUT2D eigenvalue weighted by molar-refractivity contribution is -0.145. The summed E-state index contributed by atoms with van der Waals surface area (Å²) in [6, 6.07) is 7.12. The highest BCUT2D eigenvalue weighted by molar-refractivity contribution is 9.10. The van der Waals surface area contributed by atoms with Gasteiger partial charge in [-0.2, -0.15) is 13.2 Å². The third kappa shape index (κ3) is 6.74. The molecule has 0 aliphatic carbocycles. The molecule has 0 radical (unpaired) electrons. The van der Waals surface area contributed by atoms with Crippen LogP contribution in [0.2, 0.25) is 10.0 Å². The number of allylic oxidation sites excluding steroid dienone is 1. The Morgan fingerprint density at radius 2 is 1.76 bits per heavy atom. The van der Waals surface area contributed by atoms with Crippen LogP contribution < -0.4 is 19.6 Å². The monoisotopic (exact) mass is 706 g/mol. The average Bonchev–Trinajstić information content (AvgIpc) is 3.22. The van der Waals surface area contributed by atoms with Gasteiger partial charge in [0.05, 0.1) is 33.8 Å². The molecular formula is C27H20BrCl2F3N2O6S. The molecule has 0 spiro atoms. The van der Waals surface area contributed by atoms with Crippen molar-refractivity contribution in [2.24, 2.45) is 4.99 Å². The molecule has 1 aromatic heterocycles. The quantitative estimate of drug-likeness (QED) is 0.293. The van der Waals surface area contributed by atoms with Crippen molar-refractivity contribution in [2.75, 3.05) is 19.8 Å². The summed E-state index contributed by atoms with van der Waals surface area (Å²) in [5.74, 6) is -1.77. The van der Waals surface area contributed by atoms with E-state index in [1.165, 1.54) is 49.4 Å². The second kappa shape index (κ2) is 13.0. The van der Waals surface area contributed by atoms with Crippen LogP contribution in [-0.4, -0.2) is 42.5 Å². The number of benzene rings is 2. The van der Waals surface area contributed by atoms with Gasteiger partial charge in [0.2, 0.25) is 0 Å². The van der Waals surface area contributed by atoms with Crippen LogP contribution in [0, 0.1) is 0 Å². The molecular weight excluding hydrogens is 688 g/mol. The molecule has 0 saturated heterocycles. The first kappa shape index (κ1) is 31.8. The van der Waals surface area contributed by atoms with Crippen molar-refractivity contribution in [1.82, 2.24) is 4.57 Å². The van der Waals surface area contributed by atoms with Gasteiger partial charge < -0.3 is 14.2 Å². The zero-order valence-corrected chi connectivity index (χ0v) is 25.7. The van der Waals surface area contributed by atoms with Crippen molar-refractivity contribution < 1.29 is 37.0 Å². The Morgan fingerprint density at radius 1 is 1.10 bits per heavy atom. The predicted octanol–water partition coefficient (Wildman–Crippen LogP) is 5.35. The van der Waals surface area contributed by atoms with Gasteiger partial charge in [0.1, 0.15) is 5.75 Å². The Balaban J connectivity index is 1.98. The van der Waals surface area contributed by atoms with Gasteiger partial charge in [-0.05, 0) is 65.7 Å². The second-order valence-electron chi connectivity index (χ2n) is 8.51. The summed E-state index contributed by atoms with van der Waals surface area (Å²) >= 11 is 16.2. The van der Waals surface area contributed by atoms with E-state index in [0.717, 1.165) is 4.57 Å². The molecule has 0 fully saturated rings. The summed E-state index contributed by atoms with van der Waals surface area (Å²) in [7, 11) is 0. The van der Waals surface area contributed by atoms with E-state index < -0.39 is 47.6 Å². The molecule has 1 atom stereocenters. The molecule has 3 aromatic rings. The first-order valence-electron chi connectivity index (χ1n) is 12.2. The highest BCUT2D eigenvalue weighted by Gasteiger charge is 2.45. The van der Waals surface area contributed by atoms with E-state index >= 15 is 0 Å². The van der Waals surface area contributed by atoms with Crippen molar-refractivity contribution in [2.45, 2.75) is 26.1 Å². The van der Waals surface area contributed by atoms with E-state index in [0.29, 0.717) is 20.8 Å². The summed E-state index contributed by atoms with van der Waals surface area (Å²) in [6.45, 7) is 2.56. The number of halogens is 6. The Bertz CT molecular complexity index is 1750. The molecule has 15 heteroatoms. The Labute approximate surface area is 258 Å². The maximum absolute atomic E-state index is 14.3. The number of hydrogen-bond acceptors (Lipinski definition) is 8. The summed E-state index contributed by atoms with van der Waals surface area (Å²) in [6.07, 6.45) is -3.70. The molecule has 4 rings (SSSR count). The summed E-state index contributed by atoms with van der Waals surface area (Å²) in [5, 5.41) is 0.540. The van der Waals surface area contributed by atoms with E-state index in [4.69, 9.17) is 37.4 Å². The lowest BCUT2D eigenvalue weighted by Gasteiger charge is -2.26. The van der Waals surface area contributed by atoms with Crippen LogP contribution in [0.3, 0.4) is 0 Å². The fourth-order valence-electron chi connectivity index (χ4n) is 4.12. The molecule has 1 aliphatic rings. The standard InChI is InChI=1S/C27H20BrCl2F3N2O6S/c1-3-39-19(36)12-41-22-14(9-16(30)11-17(22)28)10-18-24(37)35-21(13-5-7-15(29)8-6-13)20(25(38)40-4-2)23(27(31,32)33)34-26(35)42-18/h5-11,21H,3-4,12H2,1-2H3/b18-10-/t21-/m0/s1. The van der Waals surface area contributed by atoms with E-state index in [-0.39, 0.29) is 44.4 Å². The fourth-order valence-corrected chi connectivity index (χ4v) is 6.18. The van der Waals surface area contributed by atoms with Gasteiger partial charge in [-0.3, -0.25) is 9.36 Å². The number of hydrogen-bond donors (Lipinski definition) is 0. The van der Waals surface area contributed by atoms with E-state index in [1.54, 1.807) is 6.92 Å². The molecule has 0 N–H and O–H groups in total. The molecule has 0 unspecified atom stereocenters. The first-order valence-corrected chi connectivity index (χ1v) is 14.5. The molecule has 2 heterocycles. The van der Waals surface area contributed by atoms with Crippen molar-refractivity contribution >= 4 is 68.5 Å². The zero-order chi connectivity index (χ0) is 30.8. The molecule has 8 nitrogen and oxygen atoms in total. The minimum Gasteiger partial charge on any atom is -0.480 e. The van der Waals surface area contributed by atoms with Gasteiger partial charge in [0, 0.05) is 15.6 Å². The number of alkyl halides is 3. The number of thiazole rings is 1. The topological polar surface area (TPSA) is 96.2 Å². The van der Waals surface area contributed by atoms with Gasteiger partial charge in [0.15, 0.2) is 17.1 Å². The van der Waals surface area contributed by atoms with Crippen LogP contribution in [-0.2, 0) is 19.1 Å². The minimum atomic E-state index is -5.05. The molecule has 2 aromatic carbocycles. The second-order valence-corrected chi connectivity index (χ2v) is 11.3. The molecule has 222 valence electrons. The molecule has 1 aliphatic heterocycles. The van der Waals surface area contributed by atoms with E-state index in [2.05, 4.69) is 20.9 Å². The minimum absolute atomic E-state index is 0.0468. The number of rotatable bonds is 8. The van der Waals surface area contributed by atoms with E-state index in [1.807, 2.05) is 0 Å². The number of carbonyl (C=O) groups is 2. The number of nitrogens with zero attached hydrogens (tertiary/aromatic N) is 2. The highest BCUT2D eigenvalue weighted by atomic mass is 79.9. The molecule has 42 heavy (non-hydrogen) atoms. The smallest absolute Gasteiger partial charge is 0.434 e. The van der Waals surface area contributed by atoms with Crippen molar-refractivity contribution in [3.05, 3.63) is 93.0 Å². The van der Waals surface area contributed by atoms with Crippen LogP contribution in [0.5, 0.6) is 5.75 Å². The van der Waals surface area contributed by atoms with Gasteiger partial charge in [-0.25, -0.2) is 14.6 Å². The number of ether oxygens (including phenoxy) is 3. The average molecular weight is 708 g/mol. The molecule has 0 amide bonds. The van der Waals surface area contributed by atoms with Gasteiger partial charge in [-0.1, -0.05) is 46.7 Å². The van der Waals surface area contributed by atoms with Crippen LogP contribution in [0.15, 0.2) is 61.9 Å². The van der Waals surface area contributed by atoms with Crippen LogP contribution >= 0.6 is 50.5 Å². The number of fused-ring (bicyclic) bond motifs is 1. The summed E-state index contributed by atoms with van der Waals surface area (Å²) in [5.41, 5.74) is -2.63. The molecule has 0 saturated carbocycles. The fraction of sp³-hybridized carbons (Fsp3) is 0.259. The lowest BCUT2D eigenvalue weighted by atomic mass is 9.95. The normalized spacial score (nSPS) is 15.2. The predicted molar refractivity (Wildman–Crippen MR) is 154 cm³/mol. The van der Waals surface area contributed by atoms with Crippen molar-refractivity contribution in [3.8, 4) is 5.75 Å². The number of esters is 2. The van der Waals surface area contributed by atoms with E-state index in [9.17, 15) is 27.6 Å². The summed E-state index contributed by atoms with van der Waals surface area (Å²) < 4.78 is 59.7. The van der Waals surface area contributed by atoms with Gasteiger partial charge in [-0.15, -0.1) is 0 Å². The Morgan fingerprint density at radius 3 is 2.38 bits per heavy atom. The number of aromatic nitrogens is 1. The highest BCUT2D eigenvalue weighted by Crippen LogP contribution is 2.39.